The van der Waals surface area contributed by atoms with Gasteiger partial charge in [0.1, 0.15) is 5.75 Å². The van der Waals surface area contributed by atoms with Crippen LogP contribution in [0, 0.1) is 0 Å². The molecule has 0 aliphatic carbocycles. The second kappa shape index (κ2) is 8.95. The molecule has 0 atom stereocenters. The van der Waals surface area contributed by atoms with E-state index < -0.39 is 0 Å². The number of carbonyl (C=O) groups excluding carboxylic acids is 2. The number of hydrogen-bond acceptors (Lipinski definition) is 7. The number of benzene rings is 1. The van der Waals surface area contributed by atoms with E-state index in [1.54, 1.807) is 19.5 Å². The quantitative estimate of drug-likeness (QED) is 0.336. The molecule has 1 aromatic carbocycles. The number of nitrogens with zero attached hydrogens (tertiary/aromatic N) is 5. The Bertz CT molecular complexity index is 1020. The first-order chi connectivity index (χ1) is 14.7. The molecule has 4 rings (SSSR count). The predicted octanol–water partition coefficient (Wildman–Crippen LogP) is 2.37. The first-order valence-electron chi connectivity index (χ1n) is 9.38. The maximum atomic E-state index is 11.7. The second-order valence-corrected chi connectivity index (χ2v) is 7.54. The van der Waals surface area contributed by atoms with Gasteiger partial charge in [0.25, 0.3) is 0 Å². The van der Waals surface area contributed by atoms with Gasteiger partial charge in [0, 0.05) is 35.9 Å². The SMILES string of the molecule is COc1ccc(-n2c(SCCCN3C(=O)CNC3=O)nnc2-c2ccncc2)cc1. The van der Waals surface area contributed by atoms with Gasteiger partial charge < -0.3 is 10.1 Å². The van der Waals surface area contributed by atoms with Crippen LogP contribution < -0.4 is 10.1 Å². The summed E-state index contributed by atoms with van der Waals surface area (Å²) in [5, 5.41) is 12.0. The normalized spacial score (nSPS) is 13.6. The van der Waals surface area contributed by atoms with Crippen LogP contribution in [0.3, 0.4) is 0 Å². The topological polar surface area (TPSA) is 102 Å². The Labute approximate surface area is 177 Å². The van der Waals surface area contributed by atoms with Gasteiger partial charge in [0.15, 0.2) is 11.0 Å². The largest absolute Gasteiger partial charge is 0.497 e. The summed E-state index contributed by atoms with van der Waals surface area (Å²) in [6.07, 6.45) is 4.09. The summed E-state index contributed by atoms with van der Waals surface area (Å²) in [7, 11) is 1.63. The Morgan fingerprint density at radius 2 is 1.87 bits per heavy atom. The first kappa shape index (κ1) is 19.9. The number of aromatic nitrogens is 4. The van der Waals surface area contributed by atoms with Crippen molar-refractivity contribution >= 4 is 23.7 Å². The van der Waals surface area contributed by atoms with Gasteiger partial charge in [-0.05, 0) is 42.8 Å². The van der Waals surface area contributed by atoms with Crippen LogP contribution >= 0.6 is 11.8 Å². The molecule has 0 saturated carbocycles. The average Bonchev–Trinajstić information content (AvgIpc) is 3.35. The molecular weight excluding hydrogens is 404 g/mol. The fourth-order valence-electron chi connectivity index (χ4n) is 3.08. The molecule has 1 saturated heterocycles. The summed E-state index contributed by atoms with van der Waals surface area (Å²) >= 11 is 1.53. The number of nitrogens with one attached hydrogen (secondary N) is 1. The van der Waals surface area contributed by atoms with Crippen molar-refractivity contribution in [2.75, 3.05) is 26.0 Å². The number of methoxy groups -OCH3 is 1. The van der Waals surface area contributed by atoms with Gasteiger partial charge in [-0.2, -0.15) is 0 Å². The Morgan fingerprint density at radius 1 is 1.10 bits per heavy atom. The number of urea groups is 1. The second-order valence-electron chi connectivity index (χ2n) is 6.48. The van der Waals surface area contributed by atoms with E-state index in [0.29, 0.717) is 24.5 Å². The lowest BCUT2D eigenvalue weighted by atomic mass is 10.2. The molecule has 2 aromatic heterocycles. The fraction of sp³-hybridized carbons (Fsp3) is 0.250. The average molecular weight is 424 g/mol. The minimum Gasteiger partial charge on any atom is -0.497 e. The highest BCUT2D eigenvalue weighted by Gasteiger charge is 2.27. The van der Waals surface area contributed by atoms with Gasteiger partial charge in [-0.1, -0.05) is 11.8 Å². The molecule has 1 aliphatic heterocycles. The van der Waals surface area contributed by atoms with E-state index in [4.69, 9.17) is 4.74 Å². The number of ether oxygens (including phenoxy) is 1. The molecule has 0 radical (unpaired) electrons. The molecule has 154 valence electrons. The maximum Gasteiger partial charge on any atom is 0.324 e. The van der Waals surface area contributed by atoms with Crippen LogP contribution in [0.25, 0.3) is 17.1 Å². The molecule has 0 spiro atoms. The van der Waals surface area contributed by atoms with Gasteiger partial charge >= 0.3 is 6.03 Å². The number of rotatable bonds is 8. The highest BCUT2D eigenvalue weighted by atomic mass is 32.2. The maximum absolute atomic E-state index is 11.7. The number of hydrogen-bond donors (Lipinski definition) is 1. The van der Waals surface area contributed by atoms with Crippen molar-refractivity contribution in [1.82, 2.24) is 30.0 Å². The molecule has 10 heteroatoms. The van der Waals surface area contributed by atoms with Crippen LogP contribution in [0.1, 0.15) is 6.42 Å². The minimum atomic E-state index is -0.327. The van der Waals surface area contributed by atoms with E-state index in [9.17, 15) is 9.59 Å². The lowest BCUT2D eigenvalue weighted by Gasteiger charge is -2.13. The summed E-state index contributed by atoms with van der Waals surface area (Å²) < 4.78 is 7.24. The fourth-order valence-corrected chi connectivity index (χ4v) is 3.96. The monoisotopic (exact) mass is 424 g/mol. The van der Waals surface area contributed by atoms with E-state index in [0.717, 1.165) is 22.2 Å². The zero-order valence-corrected chi connectivity index (χ0v) is 17.1. The highest BCUT2D eigenvalue weighted by Crippen LogP contribution is 2.29. The van der Waals surface area contributed by atoms with E-state index in [1.165, 1.54) is 16.7 Å². The van der Waals surface area contributed by atoms with Crippen LogP contribution in [0.5, 0.6) is 5.75 Å². The van der Waals surface area contributed by atoms with Crippen LogP contribution in [0.4, 0.5) is 4.79 Å². The highest BCUT2D eigenvalue weighted by molar-refractivity contribution is 7.99. The van der Waals surface area contributed by atoms with Crippen molar-refractivity contribution in [2.24, 2.45) is 0 Å². The van der Waals surface area contributed by atoms with Crippen LogP contribution in [-0.2, 0) is 4.79 Å². The first-order valence-corrected chi connectivity index (χ1v) is 10.4. The standard InChI is InChI=1S/C20H20N6O3S/c1-29-16-5-3-15(4-6-16)26-18(14-7-9-21-10-8-14)23-24-20(26)30-12-2-11-25-17(27)13-22-19(25)28/h3-10H,2,11-13H2,1H3,(H,22,28). The van der Waals surface area contributed by atoms with Crippen molar-refractivity contribution < 1.29 is 14.3 Å². The smallest absolute Gasteiger partial charge is 0.324 e. The lowest BCUT2D eigenvalue weighted by molar-refractivity contribution is -0.124. The lowest BCUT2D eigenvalue weighted by Crippen LogP contribution is -2.32. The molecule has 30 heavy (non-hydrogen) atoms. The van der Waals surface area contributed by atoms with Crippen LogP contribution in [0.15, 0.2) is 53.9 Å². The molecule has 1 fully saturated rings. The molecular formula is C20H20N6O3S. The third kappa shape index (κ3) is 4.13. The predicted molar refractivity (Wildman–Crippen MR) is 112 cm³/mol. The van der Waals surface area contributed by atoms with Gasteiger partial charge in [0.05, 0.1) is 13.7 Å². The van der Waals surface area contributed by atoms with Crippen molar-refractivity contribution in [3.63, 3.8) is 0 Å². The Balaban J connectivity index is 1.54. The van der Waals surface area contributed by atoms with Crippen LogP contribution in [-0.4, -0.2) is 62.5 Å². The number of pyridine rings is 1. The summed E-state index contributed by atoms with van der Waals surface area (Å²) in [5.74, 6) is 1.97. The third-order valence-corrected chi connectivity index (χ3v) is 5.61. The van der Waals surface area contributed by atoms with E-state index in [-0.39, 0.29) is 18.5 Å². The molecule has 3 heterocycles. The summed E-state index contributed by atoms with van der Waals surface area (Å²) in [4.78, 5) is 28.7. The molecule has 0 unspecified atom stereocenters. The van der Waals surface area contributed by atoms with Crippen molar-refractivity contribution in [1.29, 1.82) is 0 Å². The van der Waals surface area contributed by atoms with E-state index in [1.807, 2.05) is 41.0 Å². The zero-order chi connectivity index (χ0) is 20.9. The van der Waals surface area contributed by atoms with E-state index in [2.05, 4.69) is 20.5 Å². The van der Waals surface area contributed by atoms with Gasteiger partial charge in [-0.25, -0.2) is 4.79 Å². The van der Waals surface area contributed by atoms with Crippen molar-refractivity contribution in [3.8, 4) is 22.8 Å². The van der Waals surface area contributed by atoms with Crippen LogP contribution in [0.2, 0.25) is 0 Å². The van der Waals surface area contributed by atoms with E-state index >= 15 is 0 Å². The number of amides is 3. The van der Waals surface area contributed by atoms with Gasteiger partial charge in [-0.3, -0.25) is 19.2 Å². The molecule has 1 N–H and O–H groups in total. The summed E-state index contributed by atoms with van der Waals surface area (Å²) in [6, 6.07) is 11.1. The molecule has 1 aliphatic rings. The number of carbonyl (C=O) groups is 2. The number of imide groups is 1. The summed E-state index contributed by atoms with van der Waals surface area (Å²) in [6.45, 7) is 0.457. The number of thioether (sulfide) groups is 1. The van der Waals surface area contributed by atoms with Gasteiger partial charge in [0.2, 0.25) is 5.91 Å². The third-order valence-electron chi connectivity index (χ3n) is 4.60. The Hall–Kier alpha value is -3.40. The zero-order valence-electron chi connectivity index (χ0n) is 16.3. The van der Waals surface area contributed by atoms with Crippen molar-refractivity contribution in [2.45, 2.75) is 11.6 Å². The summed E-state index contributed by atoms with van der Waals surface area (Å²) in [5.41, 5.74) is 1.81. The Kier molecular flexibility index (Phi) is 5.94. The van der Waals surface area contributed by atoms with Crippen molar-refractivity contribution in [3.05, 3.63) is 48.8 Å². The molecule has 3 aromatic rings. The van der Waals surface area contributed by atoms with Gasteiger partial charge in [-0.15, -0.1) is 10.2 Å². The molecule has 9 nitrogen and oxygen atoms in total. The molecule has 0 bridgehead atoms. The Morgan fingerprint density at radius 3 is 2.53 bits per heavy atom. The molecule has 3 amide bonds. The minimum absolute atomic E-state index is 0.0765.